The Hall–Kier alpha value is -2.36. The van der Waals surface area contributed by atoms with Crippen LogP contribution in [0.2, 0.25) is 0 Å². The van der Waals surface area contributed by atoms with Crippen molar-refractivity contribution in [2.24, 2.45) is 0 Å². The second-order valence-electron chi connectivity index (χ2n) is 5.37. The zero-order valence-corrected chi connectivity index (χ0v) is 12.0. The van der Waals surface area contributed by atoms with Gasteiger partial charge in [-0.25, -0.2) is 4.98 Å². The lowest BCUT2D eigenvalue weighted by atomic mass is 10.2. The van der Waals surface area contributed by atoms with E-state index in [2.05, 4.69) is 48.5 Å². The van der Waals surface area contributed by atoms with E-state index >= 15 is 0 Å². The number of benzene rings is 1. The molecule has 4 nitrogen and oxygen atoms in total. The number of rotatable bonds is 2. The van der Waals surface area contributed by atoms with Gasteiger partial charge < -0.3 is 10.3 Å². The van der Waals surface area contributed by atoms with Gasteiger partial charge in [0.1, 0.15) is 5.69 Å². The third-order valence-corrected chi connectivity index (χ3v) is 3.38. The molecule has 0 aliphatic heterocycles. The van der Waals surface area contributed by atoms with E-state index in [0.717, 1.165) is 22.6 Å². The Morgan fingerprint density at radius 1 is 1.15 bits per heavy atom. The highest BCUT2D eigenvalue weighted by atomic mass is 15.1. The molecule has 4 heteroatoms. The lowest BCUT2D eigenvalue weighted by Crippen LogP contribution is -2.04. The summed E-state index contributed by atoms with van der Waals surface area (Å²) in [5, 5.41) is 0. The summed E-state index contributed by atoms with van der Waals surface area (Å²) >= 11 is 0. The summed E-state index contributed by atoms with van der Waals surface area (Å²) in [6.45, 7) is 6.39. The molecular weight excluding hydrogens is 248 g/mol. The van der Waals surface area contributed by atoms with Gasteiger partial charge in [-0.1, -0.05) is 6.07 Å². The monoisotopic (exact) mass is 266 g/mol. The molecular formula is C16H18N4. The van der Waals surface area contributed by atoms with Crippen molar-refractivity contribution in [3.05, 3.63) is 42.1 Å². The van der Waals surface area contributed by atoms with Gasteiger partial charge >= 0.3 is 0 Å². The van der Waals surface area contributed by atoms with E-state index in [9.17, 15) is 0 Å². The van der Waals surface area contributed by atoms with Crippen LogP contribution in [-0.4, -0.2) is 14.5 Å². The number of nitrogen functional groups attached to an aromatic ring is 1. The number of hydrogen-bond acceptors (Lipinski definition) is 3. The van der Waals surface area contributed by atoms with Gasteiger partial charge in [-0.3, -0.25) is 4.98 Å². The Kier molecular flexibility index (Phi) is 2.93. The smallest absolute Gasteiger partial charge is 0.160 e. The van der Waals surface area contributed by atoms with Gasteiger partial charge in [-0.15, -0.1) is 0 Å². The number of anilines is 1. The molecule has 0 saturated carbocycles. The molecule has 0 saturated heterocycles. The van der Waals surface area contributed by atoms with E-state index in [-0.39, 0.29) is 0 Å². The van der Waals surface area contributed by atoms with Crippen LogP contribution >= 0.6 is 0 Å². The molecule has 0 aliphatic rings. The van der Waals surface area contributed by atoms with Gasteiger partial charge in [-0.2, -0.15) is 0 Å². The van der Waals surface area contributed by atoms with Crippen LogP contribution in [0.15, 0.2) is 36.5 Å². The van der Waals surface area contributed by atoms with E-state index in [0.29, 0.717) is 11.7 Å². The van der Waals surface area contributed by atoms with E-state index in [1.807, 2.05) is 12.1 Å². The molecule has 0 spiro atoms. The molecule has 0 unspecified atom stereocenters. The molecule has 0 fully saturated rings. The molecule has 2 N–H and O–H groups in total. The first-order valence-corrected chi connectivity index (χ1v) is 6.77. The van der Waals surface area contributed by atoms with Crippen molar-refractivity contribution in [2.75, 3.05) is 5.73 Å². The third kappa shape index (κ3) is 2.03. The highest BCUT2D eigenvalue weighted by Gasteiger charge is 2.15. The Labute approximate surface area is 118 Å². The predicted octanol–water partition coefficient (Wildman–Crippen LogP) is 3.57. The van der Waals surface area contributed by atoms with Gasteiger partial charge in [0, 0.05) is 6.04 Å². The van der Waals surface area contributed by atoms with Crippen LogP contribution in [0.1, 0.15) is 25.5 Å². The summed E-state index contributed by atoms with van der Waals surface area (Å²) in [7, 11) is 0. The largest absolute Gasteiger partial charge is 0.397 e. The molecule has 0 amide bonds. The van der Waals surface area contributed by atoms with E-state index in [4.69, 9.17) is 10.7 Å². The normalized spacial score (nSPS) is 11.4. The quantitative estimate of drug-likeness (QED) is 0.771. The van der Waals surface area contributed by atoms with Crippen LogP contribution in [0, 0.1) is 6.92 Å². The van der Waals surface area contributed by atoms with Gasteiger partial charge in [0.05, 0.1) is 22.9 Å². The number of nitrogens with two attached hydrogens (primary N) is 1. The summed E-state index contributed by atoms with van der Waals surface area (Å²) in [5.74, 6) is 0.889. The molecule has 1 aromatic carbocycles. The van der Waals surface area contributed by atoms with Crippen LogP contribution in [0.3, 0.4) is 0 Å². The number of nitrogens with zero attached hydrogens (tertiary/aromatic N) is 3. The van der Waals surface area contributed by atoms with Crippen LogP contribution in [0.5, 0.6) is 0 Å². The van der Waals surface area contributed by atoms with Crippen molar-refractivity contribution < 1.29 is 0 Å². The lowest BCUT2D eigenvalue weighted by Gasteiger charge is -2.12. The number of aryl methyl sites for hydroxylation is 1. The van der Waals surface area contributed by atoms with Gasteiger partial charge in [0.25, 0.3) is 0 Å². The van der Waals surface area contributed by atoms with Crippen molar-refractivity contribution in [3.8, 4) is 11.5 Å². The SMILES string of the molecule is Cc1ccc2c(c1)nc(-c1ccc(N)cn1)n2C(C)C. The topological polar surface area (TPSA) is 56.7 Å². The number of fused-ring (bicyclic) bond motifs is 1. The molecule has 2 aromatic heterocycles. The first kappa shape index (κ1) is 12.7. The van der Waals surface area contributed by atoms with E-state index in [1.165, 1.54) is 5.56 Å². The number of imidazole rings is 1. The molecule has 3 aromatic rings. The zero-order chi connectivity index (χ0) is 14.3. The fourth-order valence-electron chi connectivity index (χ4n) is 2.45. The fraction of sp³-hybridized carbons (Fsp3) is 0.250. The first-order chi connectivity index (χ1) is 9.56. The fourth-order valence-corrected chi connectivity index (χ4v) is 2.45. The molecule has 3 rings (SSSR count). The Bertz CT molecular complexity index is 754. The molecule has 20 heavy (non-hydrogen) atoms. The number of pyridine rings is 1. The third-order valence-electron chi connectivity index (χ3n) is 3.38. The second-order valence-corrected chi connectivity index (χ2v) is 5.37. The van der Waals surface area contributed by atoms with Crippen LogP contribution in [0.25, 0.3) is 22.6 Å². The highest BCUT2D eigenvalue weighted by Crippen LogP contribution is 2.28. The molecule has 0 aliphatic carbocycles. The summed E-state index contributed by atoms with van der Waals surface area (Å²) in [5.41, 5.74) is 10.6. The minimum atomic E-state index is 0.317. The first-order valence-electron chi connectivity index (χ1n) is 6.77. The predicted molar refractivity (Wildman–Crippen MR) is 82.5 cm³/mol. The number of hydrogen-bond donors (Lipinski definition) is 1. The molecule has 102 valence electrons. The van der Waals surface area contributed by atoms with Crippen LogP contribution in [-0.2, 0) is 0 Å². The van der Waals surface area contributed by atoms with Crippen molar-refractivity contribution in [1.29, 1.82) is 0 Å². The minimum Gasteiger partial charge on any atom is -0.397 e. The zero-order valence-electron chi connectivity index (χ0n) is 12.0. The van der Waals surface area contributed by atoms with E-state index < -0.39 is 0 Å². The Morgan fingerprint density at radius 3 is 2.60 bits per heavy atom. The Morgan fingerprint density at radius 2 is 1.95 bits per heavy atom. The van der Waals surface area contributed by atoms with Crippen LogP contribution in [0.4, 0.5) is 5.69 Å². The molecule has 2 heterocycles. The summed E-state index contributed by atoms with van der Waals surface area (Å²) in [6.07, 6.45) is 1.67. The van der Waals surface area contributed by atoms with Crippen molar-refractivity contribution >= 4 is 16.7 Å². The standard InChI is InChI=1S/C16H18N4/c1-10(2)20-15-7-4-11(3)8-14(15)19-16(20)13-6-5-12(17)9-18-13/h4-10H,17H2,1-3H3. The average molecular weight is 266 g/mol. The summed E-state index contributed by atoms with van der Waals surface area (Å²) in [4.78, 5) is 9.16. The van der Waals surface area contributed by atoms with Gasteiger partial charge in [0.15, 0.2) is 5.82 Å². The van der Waals surface area contributed by atoms with Crippen molar-refractivity contribution in [1.82, 2.24) is 14.5 Å². The summed E-state index contributed by atoms with van der Waals surface area (Å²) in [6, 6.07) is 10.4. The average Bonchev–Trinajstić information content (AvgIpc) is 2.77. The maximum absolute atomic E-state index is 5.71. The second kappa shape index (κ2) is 4.63. The van der Waals surface area contributed by atoms with Crippen molar-refractivity contribution in [2.45, 2.75) is 26.8 Å². The highest BCUT2D eigenvalue weighted by molar-refractivity contribution is 5.81. The van der Waals surface area contributed by atoms with Gasteiger partial charge in [0.2, 0.25) is 0 Å². The van der Waals surface area contributed by atoms with Crippen molar-refractivity contribution in [3.63, 3.8) is 0 Å². The maximum Gasteiger partial charge on any atom is 0.160 e. The summed E-state index contributed by atoms with van der Waals surface area (Å²) < 4.78 is 2.22. The molecule has 0 atom stereocenters. The van der Waals surface area contributed by atoms with Crippen LogP contribution < -0.4 is 5.73 Å². The van der Waals surface area contributed by atoms with E-state index in [1.54, 1.807) is 6.20 Å². The lowest BCUT2D eigenvalue weighted by molar-refractivity contribution is 0.623. The number of aromatic nitrogens is 3. The Balaban J connectivity index is 2.28. The minimum absolute atomic E-state index is 0.317. The maximum atomic E-state index is 5.71. The molecule has 0 radical (unpaired) electrons. The van der Waals surface area contributed by atoms with Gasteiger partial charge in [-0.05, 0) is 50.6 Å². The molecule has 0 bridgehead atoms.